The van der Waals surface area contributed by atoms with Crippen molar-refractivity contribution < 1.29 is 4.74 Å². The van der Waals surface area contributed by atoms with E-state index in [4.69, 9.17) is 4.74 Å². The first-order chi connectivity index (χ1) is 10.2. The summed E-state index contributed by atoms with van der Waals surface area (Å²) in [6.07, 6.45) is 4.00. The Morgan fingerprint density at radius 3 is 2.90 bits per heavy atom. The monoisotopic (exact) mass is 304 g/mol. The lowest BCUT2D eigenvalue weighted by atomic mass is 10.1. The van der Waals surface area contributed by atoms with Crippen LogP contribution in [0.25, 0.3) is 0 Å². The summed E-state index contributed by atoms with van der Waals surface area (Å²) in [6.45, 7) is 9.02. The van der Waals surface area contributed by atoms with E-state index in [1.54, 1.807) is 11.3 Å². The molecule has 1 aromatic heterocycles. The van der Waals surface area contributed by atoms with E-state index < -0.39 is 0 Å². The van der Waals surface area contributed by atoms with Crippen LogP contribution in [-0.2, 0) is 13.0 Å². The first kappa shape index (κ1) is 16.0. The molecule has 0 fully saturated rings. The van der Waals surface area contributed by atoms with Crippen molar-refractivity contribution in [1.82, 2.24) is 10.3 Å². The van der Waals surface area contributed by atoms with Gasteiger partial charge >= 0.3 is 0 Å². The Labute approximate surface area is 131 Å². The number of thiazole rings is 1. The normalized spacial score (nSPS) is 10.8. The molecule has 0 spiro atoms. The lowest BCUT2D eigenvalue weighted by Gasteiger charge is -2.08. The van der Waals surface area contributed by atoms with Crippen molar-refractivity contribution >= 4 is 11.3 Å². The average Bonchev–Trinajstić information content (AvgIpc) is 2.89. The SMILES string of the molecule is CCCNCc1cnc(CCOc2ccc(C)cc2C)s1. The molecular weight excluding hydrogens is 280 g/mol. The molecule has 2 rings (SSSR count). The van der Waals surface area contributed by atoms with Crippen molar-refractivity contribution in [2.45, 2.75) is 40.2 Å². The summed E-state index contributed by atoms with van der Waals surface area (Å²) in [6, 6.07) is 6.28. The van der Waals surface area contributed by atoms with Crippen LogP contribution in [0.15, 0.2) is 24.4 Å². The zero-order valence-corrected chi connectivity index (χ0v) is 13.9. The summed E-state index contributed by atoms with van der Waals surface area (Å²) in [5, 5.41) is 4.54. The molecule has 1 N–H and O–H groups in total. The summed E-state index contributed by atoms with van der Waals surface area (Å²) in [4.78, 5) is 5.76. The fraction of sp³-hybridized carbons (Fsp3) is 0.471. The van der Waals surface area contributed by atoms with Crippen LogP contribution in [0.4, 0.5) is 0 Å². The molecule has 4 heteroatoms. The molecule has 0 aliphatic carbocycles. The zero-order valence-electron chi connectivity index (χ0n) is 13.1. The van der Waals surface area contributed by atoms with Gasteiger partial charge in [-0.2, -0.15) is 0 Å². The maximum atomic E-state index is 5.85. The van der Waals surface area contributed by atoms with Gasteiger partial charge in [-0.15, -0.1) is 11.3 Å². The molecule has 0 bridgehead atoms. The molecule has 3 nitrogen and oxygen atoms in total. The van der Waals surface area contributed by atoms with Gasteiger partial charge in [-0.3, -0.25) is 0 Å². The Morgan fingerprint density at radius 1 is 1.29 bits per heavy atom. The van der Waals surface area contributed by atoms with E-state index in [2.05, 4.69) is 43.2 Å². The van der Waals surface area contributed by atoms with Crippen LogP contribution in [-0.4, -0.2) is 18.1 Å². The molecule has 0 aliphatic heterocycles. The van der Waals surface area contributed by atoms with E-state index >= 15 is 0 Å². The van der Waals surface area contributed by atoms with Gasteiger partial charge in [-0.1, -0.05) is 24.6 Å². The lowest BCUT2D eigenvalue weighted by Crippen LogP contribution is -2.12. The topological polar surface area (TPSA) is 34.2 Å². The molecular formula is C17H24N2OS. The third-order valence-electron chi connectivity index (χ3n) is 3.23. The largest absolute Gasteiger partial charge is 0.493 e. The minimum absolute atomic E-state index is 0.680. The Morgan fingerprint density at radius 2 is 2.14 bits per heavy atom. The Kier molecular flexibility index (Phi) is 6.21. The van der Waals surface area contributed by atoms with Gasteiger partial charge in [-0.05, 0) is 38.4 Å². The second kappa shape index (κ2) is 8.15. The molecule has 21 heavy (non-hydrogen) atoms. The van der Waals surface area contributed by atoms with E-state index in [1.165, 1.54) is 16.0 Å². The molecule has 1 heterocycles. The number of nitrogens with one attached hydrogen (secondary N) is 1. The molecule has 0 unspecified atom stereocenters. The van der Waals surface area contributed by atoms with Crippen LogP contribution in [0.2, 0.25) is 0 Å². The molecule has 1 aromatic carbocycles. The van der Waals surface area contributed by atoms with Gasteiger partial charge in [0.15, 0.2) is 0 Å². The molecule has 0 aliphatic rings. The highest BCUT2D eigenvalue weighted by Crippen LogP contribution is 2.19. The maximum absolute atomic E-state index is 5.85. The molecule has 0 saturated heterocycles. The number of aromatic nitrogens is 1. The van der Waals surface area contributed by atoms with Crippen LogP contribution >= 0.6 is 11.3 Å². The van der Waals surface area contributed by atoms with Crippen molar-refractivity contribution in [3.63, 3.8) is 0 Å². The summed E-state index contributed by atoms with van der Waals surface area (Å²) in [7, 11) is 0. The van der Waals surface area contributed by atoms with Crippen molar-refractivity contribution in [3.05, 3.63) is 45.4 Å². The van der Waals surface area contributed by atoms with Crippen molar-refractivity contribution in [1.29, 1.82) is 0 Å². The number of rotatable bonds is 8. The molecule has 0 amide bonds. The first-order valence-corrected chi connectivity index (χ1v) is 8.35. The second-order valence-electron chi connectivity index (χ2n) is 5.26. The summed E-state index contributed by atoms with van der Waals surface area (Å²) < 4.78 is 5.85. The number of aryl methyl sites for hydroxylation is 2. The van der Waals surface area contributed by atoms with E-state index in [0.717, 1.165) is 36.7 Å². The van der Waals surface area contributed by atoms with Gasteiger partial charge in [0.05, 0.1) is 11.6 Å². The maximum Gasteiger partial charge on any atom is 0.122 e. The quantitative estimate of drug-likeness (QED) is 0.752. The third-order valence-corrected chi connectivity index (χ3v) is 4.29. The predicted octanol–water partition coefficient (Wildman–Crippen LogP) is 3.88. The van der Waals surface area contributed by atoms with Crippen molar-refractivity contribution in [3.8, 4) is 5.75 Å². The fourth-order valence-electron chi connectivity index (χ4n) is 2.14. The standard InChI is InChI=1S/C17H24N2OS/c1-4-8-18-11-15-12-19-17(21-15)7-9-20-16-6-5-13(2)10-14(16)3/h5-6,10,12,18H,4,7-9,11H2,1-3H3. The minimum Gasteiger partial charge on any atom is -0.493 e. The predicted molar refractivity (Wildman–Crippen MR) is 89.2 cm³/mol. The van der Waals surface area contributed by atoms with E-state index in [1.807, 2.05) is 12.3 Å². The van der Waals surface area contributed by atoms with Gasteiger partial charge in [0.2, 0.25) is 0 Å². The lowest BCUT2D eigenvalue weighted by molar-refractivity contribution is 0.319. The first-order valence-electron chi connectivity index (χ1n) is 7.53. The van der Waals surface area contributed by atoms with Crippen LogP contribution < -0.4 is 10.1 Å². The van der Waals surface area contributed by atoms with Gasteiger partial charge in [0.25, 0.3) is 0 Å². The van der Waals surface area contributed by atoms with Gasteiger partial charge < -0.3 is 10.1 Å². The highest BCUT2D eigenvalue weighted by molar-refractivity contribution is 7.11. The molecule has 0 radical (unpaired) electrons. The summed E-state index contributed by atoms with van der Waals surface area (Å²) in [5.74, 6) is 0.974. The molecule has 0 atom stereocenters. The van der Waals surface area contributed by atoms with E-state index in [0.29, 0.717) is 6.61 Å². The molecule has 114 valence electrons. The minimum atomic E-state index is 0.680. The number of benzene rings is 1. The van der Waals surface area contributed by atoms with Crippen LogP contribution in [0.1, 0.15) is 34.4 Å². The highest BCUT2D eigenvalue weighted by atomic mass is 32.1. The summed E-state index contributed by atoms with van der Waals surface area (Å²) in [5.41, 5.74) is 2.46. The van der Waals surface area contributed by atoms with Crippen LogP contribution in [0.3, 0.4) is 0 Å². The second-order valence-corrected chi connectivity index (χ2v) is 6.46. The van der Waals surface area contributed by atoms with Crippen LogP contribution in [0.5, 0.6) is 5.75 Å². The summed E-state index contributed by atoms with van der Waals surface area (Å²) >= 11 is 1.77. The van der Waals surface area contributed by atoms with Crippen LogP contribution in [0, 0.1) is 13.8 Å². The number of ether oxygens (including phenoxy) is 1. The Balaban J connectivity index is 1.78. The Hall–Kier alpha value is -1.39. The highest BCUT2D eigenvalue weighted by Gasteiger charge is 2.04. The molecule has 2 aromatic rings. The van der Waals surface area contributed by atoms with Gasteiger partial charge in [-0.25, -0.2) is 4.98 Å². The molecule has 0 saturated carbocycles. The van der Waals surface area contributed by atoms with Gasteiger partial charge in [0, 0.05) is 24.0 Å². The van der Waals surface area contributed by atoms with Gasteiger partial charge in [0.1, 0.15) is 5.75 Å². The van der Waals surface area contributed by atoms with E-state index in [-0.39, 0.29) is 0 Å². The zero-order chi connectivity index (χ0) is 15.1. The smallest absolute Gasteiger partial charge is 0.122 e. The van der Waals surface area contributed by atoms with E-state index in [9.17, 15) is 0 Å². The third kappa shape index (κ3) is 5.14. The number of hydrogen-bond acceptors (Lipinski definition) is 4. The average molecular weight is 304 g/mol. The number of hydrogen-bond donors (Lipinski definition) is 1. The fourth-order valence-corrected chi connectivity index (χ4v) is 3.02. The number of nitrogens with zero attached hydrogens (tertiary/aromatic N) is 1. The van der Waals surface area contributed by atoms with Crippen molar-refractivity contribution in [2.24, 2.45) is 0 Å². The van der Waals surface area contributed by atoms with Crippen molar-refractivity contribution in [2.75, 3.05) is 13.2 Å². The Bertz CT molecular complexity index is 566.